The highest BCUT2D eigenvalue weighted by atomic mass is 32.2. The van der Waals surface area contributed by atoms with Crippen molar-refractivity contribution in [3.63, 3.8) is 0 Å². The first-order chi connectivity index (χ1) is 8.97. The van der Waals surface area contributed by atoms with E-state index < -0.39 is 10.0 Å². The van der Waals surface area contributed by atoms with Gasteiger partial charge in [0.15, 0.2) is 0 Å². The van der Waals surface area contributed by atoms with Gasteiger partial charge in [-0.25, -0.2) is 13.1 Å². The summed E-state index contributed by atoms with van der Waals surface area (Å²) >= 11 is 0. The largest absolute Gasteiger partial charge is 0.355 e. The van der Waals surface area contributed by atoms with Crippen LogP contribution in [0.25, 0.3) is 0 Å². The van der Waals surface area contributed by atoms with Gasteiger partial charge in [-0.15, -0.1) is 0 Å². The molecule has 1 amide bonds. The molecule has 110 valence electrons. The van der Waals surface area contributed by atoms with Crippen LogP contribution >= 0.6 is 0 Å². The molecule has 0 bridgehead atoms. The van der Waals surface area contributed by atoms with Crippen molar-refractivity contribution < 1.29 is 13.2 Å². The number of carbonyl (C=O) groups is 1. The van der Waals surface area contributed by atoms with Crippen molar-refractivity contribution in [3.05, 3.63) is 0 Å². The van der Waals surface area contributed by atoms with E-state index in [2.05, 4.69) is 15.4 Å². The van der Waals surface area contributed by atoms with Crippen molar-refractivity contribution in [2.24, 2.45) is 11.8 Å². The molecule has 2 fully saturated rings. The predicted molar refractivity (Wildman–Crippen MR) is 73.1 cm³/mol. The molecule has 0 radical (unpaired) electrons. The van der Waals surface area contributed by atoms with E-state index in [4.69, 9.17) is 0 Å². The van der Waals surface area contributed by atoms with Crippen LogP contribution in [0.3, 0.4) is 0 Å². The quantitative estimate of drug-likeness (QED) is 0.572. The Labute approximate surface area is 114 Å². The van der Waals surface area contributed by atoms with Crippen LogP contribution in [-0.2, 0) is 14.8 Å². The molecule has 6 nitrogen and oxygen atoms in total. The van der Waals surface area contributed by atoms with Gasteiger partial charge in [0.05, 0.1) is 12.3 Å². The number of sulfonamides is 1. The Balaban J connectivity index is 1.65. The minimum absolute atomic E-state index is 0.0460. The molecule has 1 saturated heterocycles. The van der Waals surface area contributed by atoms with Crippen molar-refractivity contribution in [1.82, 2.24) is 15.4 Å². The molecular formula is C12H23N3O3S. The summed E-state index contributed by atoms with van der Waals surface area (Å²) in [6.07, 6.45) is 5.36. The van der Waals surface area contributed by atoms with Crippen LogP contribution in [0.5, 0.6) is 0 Å². The van der Waals surface area contributed by atoms with Gasteiger partial charge in [-0.1, -0.05) is 6.42 Å². The Bertz CT molecular complexity index is 424. The van der Waals surface area contributed by atoms with Crippen LogP contribution in [0, 0.1) is 11.8 Å². The van der Waals surface area contributed by atoms with Crippen molar-refractivity contribution >= 4 is 15.9 Å². The summed E-state index contributed by atoms with van der Waals surface area (Å²) in [6.45, 7) is 1.83. The highest BCUT2D eigenvalue weighted by Gasteiger charge is 2.42. The lowest BCUT2D eigenvalue weighted by Gasteiger charge is -2.17. The zero-order valence-corrected chi connectivity index (χ0v) is 12.1. The molecule has 3 unspecified atom stereocenters. The molecule has 3 atom stereocenters. The summed E-state index contributed by atoms with van der Waals surface area (Å²) in [5, 5.41) is 6.19. The number of amides is 1. The Morgan fingerprint density at radius 3 is 2.84 bits per heavy atom. The lowest BCUT2D eigenvalue weighted by atomic mass is 9.93. The van der Waals surface area contributed by atoms with Gasteiger partial charge in [-0.3, -0.25) is 4.79 Å². The molecule has 0 aromatic heterocycles. The monoisotopic (exact) mass is 289 g/mol. The van der Waals surface area contributed by atoms with Crippen LogP contribution in [0.15, 0.2) is 0 Å². The molecule has 0 aromatic carbocycles. The van der Waals surface area contributed by atoms with Crippen LogP contribution in [0.2, 0.25) is 0 Å². The van der Waals surface area contributed by atoms with E-state index in [1.807, 2.05) is 0 Å². The van der Waals surface area contributed by atoms with Crippen molar-refractivity contribution in [2.45, 2.75) is 31.7 Å². The highest BCUT2D eigenvalue weighted by Crippen LogP contribution is 2.37. The first-order valence-electron chi connectivity index (χ1n) is 6.93. The molecule has 19 heavy (non-hydrogen) atoms. The third-order valence-corrected chi connectivity index (χ3v) is 4.77. The molecule has 0 spiro atoms. The maximum absolute atomic E-state index is 12.0. The van der Waals surface area contributed by atoms with Crippen molar-refractivity contribution in [3.8, 4) is 0 Å². The van der Waals surface area contributed by atoms with Crippen LogP contribution in [0.4, 0.5) is 0 Å². The number of carbonyl (C=O) groups excluding carboxylic acids is 1. The topological polar surface area (TPSA) is 87.3 Å². The fourth-order valence-corrected chi connectivity index (χ4v) is 3.66. The van der Waals surface area contributed by atoms with E-state index in [-0.39, 0.29) is 11.9 Å². The second-order valence-corrected chi connectivity index (χ2v) is 7.38. The number of hydrogen-bond donors (Lipinski definition) is 3. The van der Waals surface area contributed by atoms with Gasteiger partial charge in [0.2, 0.25) is 15.9 Å². The average Bonchev–Trinajstić information content (AvgIpc) is 2.87. The summed E-state index contributed by atoms with van der Waals surface area (Å²) in [5.74, 6) is 1.23. The zero-order chi connectivity index (χ0) is 13.9. The third-order valence-electron chi connectivity index (χ3n) is 4.05. The maximum atomic E-state index is 12.0. The summed E-state index contributed by atoms with van der Waals surface area (Å²) in [7, 11) is -3.13. The van der Waals surface area contributed by atoms with Gasteiger partial charge in [0, 0.05) is 13.1 Å². The second kappa shape index (κ2) is 6.19. The number of rotatable bonds is 6. The minimum Gasteiger partial charge on any atom is -0.355 e. The van der Waals surface area contributed by atoms with Crippen molar-refractivity contribution in [1.29, 1.82) is 0 Å². The molecule has 7 heteroatoms. The lowest BCUT2D eigenvalue weighted by molar-refractivity contribution is -0.123. The summed E-state index contributed by atoms with van der Waals surface area (Å²) in [5.41, 5.74) is 0. The Hall–Kier alpha value is -0.660. The van der Waals surface area contributed by atoms with Gasteiger partial charge < -0.3 is 10.6 Å². The van der Waals surface area contributed by atoms with Gasteiger partial charge >= 0.3 is 0 Å². The molecule has 3 N–H and O–H groups in total. The predicted octanol–water partition coefficient (Wildman–Crippen LogP) is -0.570. The van der Waals surface area contributed by atoms with Crippen LogP contribution in [-0.4, -0.2) is 46.3 Å². The molecule has 1 heterocycles. The SMILES string of the molecule is CS(=O)(=O)NCCCNC(=O)C1NCC2CCCC21. The first kappa shape index (κ1) is 14.7. The maximum Gasteiger partial charge on any atom is 0.237 e. The molecule has 1 saturated carbocycles. The van der Waals surface area contributed by atoms with E-state index in [1.165, 1.54) is 12.8 Å². The van der Waals surface area contributed by atoms with E-state index in [0.717, 1.165) is 19.2 Å². The Morgan fingerprint density at radius 2 is 2.11 bits per heavy atom. The van der Waals surface area contributed by atoms with E-state index >= 15 is 0 Å². The standard InChI is InChI=1S/C12H23N3O3S/c1-19(17,18)15-7-3-6-13-12(16)11-10-5-2-4-9(10)8-14-11/h9-11,14-15H,2-8H2,1H3,(H,13,16). The van der Waals surface area contributed by atoms with E-state index in [1.54, 1.807) is 0 Å². The molecule has 0 aromatic rings. The number of hydrogen-bond acceptors (Lipinski definition) is 4. The van der Waals surface area contributed by atoms with Gasteiger partial charge in [-0.2, -0.15) is 0 Å². The molecule has 2 aliphatic rings. The Morgan fingerprint density at radius 1 is 1.32 bits per heavy atom. The minimum atomic E-state index is -3.13. The summed E-state index contributed by atoms with van der Waals surface area (Å²) in [4.78, 5) is 12.0. The fraction of sp³-hybridized carbons (Fsp3) is 0.917. The van der Waals surface area contributed by atoms with Gasteiger partial charge in [0.25, 0.3) is 0 Å². The summed E-state index contributed by atoms with van der Waals surface area (Å²) in [6, 6.07) is -0.0460. The number of nitrogens with one attached hydrogen (secondary N) is 3. The molecular weight excluding hydrogens is 266 g/mol. The lowest BCUT2D eigenvalue weighted by Crippen LogP contribution is -2.44. The fourth-order valence-electron chi connectivity index (χ4n) is 3.14. The second-order valence-electron chi connectivity index (χ2n) is 5.55. The summed E-state index contributed by atoms with van der Waals surface area (Å²) < 4.78 is 24.1. The van der Waals surface area contributed by atoms with Crippen LogP contribution < -0.4 is 15.4 Å². The molecule has 1 aliphatic heterocycles. The third kappa shape index (κ3) is 4.15. The highest BCUT2D eigenvalue weighted by molar-refractivity contribution is 7.88. The van der Waals surface area contributed by atoms with Crippen LogP contribution in [0.1, 0.15) is 25.7 Å². The van der Waals surface area contributed by atoms with E-state index in [0.29, 0.717) is 31.3 Å². The zero-order valence-electron chi connectivity index (χ0n) is 11.3. The molecule has 1 aliphatic carbocycles. The normalized spacial score (nSPS) is 30.3. The van der Waals surface area contributed by atoms with Gasteiger partial charge in [-0.05, 0) is 37.6 Å². The first-order valence-corrected chi connectivity index (χ1v) is 8.82. The number of fused-ring (bicyclic) bond motifs is 1. The smallest absolute Gasteiger partial charge is 0.237 e. The Kier molecular flexibility index (Phi) is 4.81. The average molecular weight is 289 g/mol. The van der Waals surface area contributed by atoms with E-state index in [9.17, 15) is 13.2 Å². The van der Waals surface area contributed by atoms with Crippen molar-refractivity contribution in [2.75, 3.05) is 25.9 Å². The van der Waals surface area contributed by atoms with Gasteiger partial charge in [0.1, 0.15) is 0 Å². The molecule has 2 rings (SSSR count).